The first-order valence-electron chi connectivity index (χ1n) is 15.7. The molecule has 268 valence electrons. The van der Waals surface area contributed by atoms with Crippen molar-refractivity contribution in [3.63, 3.8) is 0 Å². The number of rotatable bonds is 8. The lowest BCUT2D eigenvalue weighted by Crippen LogP contribution is -2.44. The van der Waals surface area contributed by atoms with Crippen LogP contribution in [0.2, 0.25) is 5.28 Å². The summed E-state index contributed by atoms with van der Waals surface area (Å²) in [4.78, 5) is 38.3. The van der Waals surface area contributed by atoms with Gasteiger partial charge in [-0.15, -0.1) is 12.4 Å². The summed E-state index contributed by atoms with van der Waals surface area (Å²) >= 11 is 5.42. The first-order valence-corrected chi connectivity index (χ1v) is 16.1. The SMILES string of the molecule is CCOC(=O)c1cnc(CC2(c3cccc(F)c3F)CCC2)nc1.CCOC(=O)c1cnc(Cl)nc1.Cl.NC1(c2cccc(F)c2F)CCC1. The van der Waals surface area contributed by atoms with Gasteiger partial charge in [0, 0.05) is 47.7 Å². The summed E-state index contributed by atoms with van der Waals surface area (Å²) in [6.07, 6.45) is 10.8. The molecular formula is C35H37Cl2F4N5O4. The minimum absolute atomic E-state index is 0. The van der Waals surface area contributed by atoms with Crippen LogP contribution in [0, 0.1) is 23.3 Å². The van der Waals surface area contributed by atoms with Gasteiger partial charge >= 0.3 is 11.9 Å². The molecule has 2 aromatic heterocycles. The fraction of sp³-hybridized carbons (Fsp3) is 0.371. The lowest BCUT2D eigenvalue weighted by atomic mass is 9.62. The van der Waals surface area contributed by atoms with E-state index in [0.29, 0.717) is 35.5 Å². The zero-order chi connectivity index (χ0) is 35.6. The highest BCUT2D eigenvalue weighted by molar-refractivity contribution is 6.28. The molecule has 0 radical (unpaired) electrons. The van der Waals surface area contributed by atoms with Crippen LogP contribution < -0.4 is 5.73 Å². The second-order valence-corrected chi connectivity index (χ2v) is 11.9. The zero-order valence-electron chi connectivity index (χ0n) is 27.4. The number of halogens is 6. The fourth-order valence-electron chi connectivity index (χ4n) is 5.47. The van der Waals surface area contributed by atoms with E-state index >= 15 is 0 Å². The second-order valence-electron chi connectivity index (χ2n) is 11.6. The Kier molecular flexibility index (Phi) is 14.6. The first kappa shape index (κ1) is 40.2. The van der Waals surface area contributed by atoms with Gasteiger partial charge < -0.3 is 15.2 Å². The quantitative estimate of drug-likeness (QED) is 0.110. The zero-order valence-corrected chi connectivity index (χ0v) is 29.0. The van der Waals surface area contributed by atoms with Crippen molar-refractivity contribution in [1.29, 1.82) is 0 Å². The predicted molar refractivity (Wildman–Crippen MR) is 180 cm³/mol. The molecule has 0 spiro atoms. The van der Waals surface area contributed by atoms with Crippen molar-refractivity contribution in [1.82, 2.24) is 19.9 Å². The maximum absolute atomic E-state index is 14.2. The number of nitrogens with two attached hydrogens (primary N) is 1. The standard InChI is InChI=1S/C18H18F2N2O2.C10H11F2N.C7H7ClN2O2.ClH/c1-2-24-17(23)12-10-21-15(22-11-12)9-18(7-4-8-18)13-5-3-6-14(19)16(13)20;11-8-4-1-3-7(9(8)12)10(13)5-2-6-10;1-2-12-6(11)5-3-9-7(8)10-4-5;/h3,5-6,10-11H,2,4,7-9H2,1H3;1,3-4H,2,5-6,13H2;3-4H,2H2,1H3;1H. The maximum atomic E-state index is 14.2. The van der Waals surface area contributed by atoms with Crippen molar-refractivity contribution < 1.29 is 36.6 Å². The number of carbonyl (C=O) groups is 2. The molecule has 0 amide bonds. The molecular weight excluding hydrogens is 701 g/mol. The Bertz CT molecular complexity index is 1740. The molecule has 0 unspecified atom stereocenters. The summed E-state index contributed by atoms with van der Waals surface area (Å²) in [5.74, 6) is -3.63. The van der Waals surface area contributed by atoms with Gasteiger partial charge in [0.1, 0.15) is 5.82 Å². The fourth-order valence-corrected chi connectivity index (χ4v) is 5.57. The molecule has 2 N–H and O–H groups in total. The van der Waals surface area contributed by atoms with E-state index in [1.807, 2.05) is 0 Å². The number of nitrogens with zero attached hydrogens (tertiary/aromatic N) is 4. The Morgan fingerprint density at radius 2 is 1.18 bits per heavy atom. The third-order valence-corrected chi connectivity index (χ3v) is 8.61. The maximum Gasteiger partial charge on any atom is 0.341 e. The Labute approximate surface area is 298 Å². The van der Waals surface area contributed by atoms with E-state index in [4.69, 9.17) is 26.8 Å². The van der Waals surface area contributed by atoms with E-state index in [1.54, 1.807) is 26.0 Å². The summed E-state index contributed by atoms with van der Waals surface area (Å²) < 4.78 is 63.5. The average molecular weight is 739 g/mol. The van der Waals surface area contributed by atoms with Crippen LogP contribution >= 0.6 is 24.0 Å². The molecule has 0 aliphatic heterocycles. The molecule has 6 rings (SSSR count). The molecule has 2 saturated carbocycles. The highest BCUT2D eigenvalue weighted by Gasteiger charge is 2.42. The monoisotopic (exact) mass is 737 g/mol. The van der Waals surface area contributed by atoms with Gasteiger partial charge in [0.05, 0.1) is 24.3 Å². The Balaban J connectivity index is 0.000000220. The summed E-state index contributed by atoms with van der Waals surface area (Å²) in [6.45, 7) is 4.07. The van der Waals surface area contributed by atoms with E-state index in [1.165, 1.54) is 36.9 Å². The molecule has 4 aromatic rings. The number of esters is 2. The molecule has 0 bridgehead atoms. The van der Waals surface area contributed by atoms with E-state index in [2.05, 4.69) is 19.9 Å². The first-order chi connectivity index (χ1) is 23.4. The van der Waals surface area contributed by atoms with Gasteiger partial charge in [-0.1, -0.05) is 30.7 Å². The van der Waals surface area contributed by atoms with Crippen LogP contribution in [-0.4, -0.2) is 45.1 Å². The molecule has 2 aromatic carbocycles. The Morgan fingerprint density at radius 1 is 0.740 bits per heavy atom. The molecule has 0 saturated heterocycles. The van der Waals surface area contributed by atoms with E-state index < -0.39 is 46.2 Å². The van der Waals surface area contributed by atoms with Crippen molar-refractivity contribution in [3.8, 4) is 0 Å². The number of hydrogen-bond donors (Lipinski definition) is 1. The average Bonchev–Trinajstić information content (AvgIpc) is 3.06. The third-order valence-electron chi connectivity index (χ3n) is 8.41. The minimum Gasteiger partial charge on any atom is -0.462 e. The van der Waals surface area contributed by atoms with Crippen LogP contribution in [0.3, 0.4) is 0 Å². The highest BCUT2D eigenvalue weighted by atomic mass is 35.5. The molecule has 0 atom stereocenters. The summed E-state index contributed by atoms with van der Waals surface area (Å²) in [5.41, 5.74) is 6.08. The Morgan fingerprint density at radius 3 is 1.60 bits per heavy atom. The molecule has 2 aliphatic carbocycles. The number of hydrogen-bond acceptors (Lipinski definition) is 9. The molecule has 15 heteroatoms. The Hall–Kier alpha value is -4.20. The van der Waals surface area contributed by atoms with Crippen LogP contribution in [0.15, 0.2) is 61.2 Å². The van der Waals surface area contributed by atoms with Gasteiger partial charge in [0.25, 0.3) is 0 Å². The number of benzene rings is 2. The smallest absolute Gasteiger partial charge is 0.341 e. The van der Waals surface area contributed by atoms with Gasteiger partial charge in [-0.25, -0.2) is 47.1 Å². The van der Waals surface area contributed by atoms with Crippen LogP contribution in [0.25, 0.3) is 0 Å². The van der Waals surface area contributed by atoms with Gasteiger partial charge in [-0.05, 0) is 75.2 Å². The second kappa shape index (κ2) is 18.2. The summed E-state index contributed by atoms with van der Waals surface area (Å²) in [5, 5.41) is 0.114. The lowest BCUT2D eigenvalue weighted by molar-refractivity contribution is 0.0515. The molecule has 2 aliphatic rings. The normalized spacial score (nSPS) is 14.9. The van der Waals surface area contributed by atoms with Crippen LogP contribution in [0.5, 0.6) is 0 Å². The van der Waals surface area contributed by atoms with E-state index in [-0.39, 0.29) is 29.9 Å². The van der Waals surface area contributed by atoms with Crippen LogP contribution in [-0.2, 0) is 26.8 Å². The van der Waals surface area contributed by atoms with Gasteiger partial charge in [-0.3, -0.25) is 0 Å². The summed E-state index contributed by atoms with van der Waals surface area (Å²) in [6, 6.07) is 8.46. The van der Waals surface area contributed by atoms with E-state index in [0.717, 1.165) is 50.7 Å². The van der Waals surface area contributed by atoms with Crippen LogP contribution in [0.1, 0.15) is 90.0 Å². The largest absolute Gasteiger partial charge is 0.462 e. The topological polar surface area (TPSA) is 130 Å². The summed E-state index contributed by atoms with van der Waals surface area (Å²) in [7, 11) is 0. The molecule has 9 nitrogen and oxygen atoms in total. The molecule has 50 heavy (non-hydrogen) atoms. The lowest BCUT2D eigenvalue weighted by Gasteiger charge is -2.42. The predicted octanol–water partition coefficient (Wildman–Crippen LogP) is 7.63. The van der Waals surface area contributed by atoms with Crippen molar-refractivity contribution >= 4 is 35.9 Å². The highest BCUT2D eigenvalue weighted by Crippen LogP contribution is 2.47. The number of ether oxygens (including phenoxy) is 2. The van der Waals surface area contributed by atoms with Crippen molar-refractivity contribution in [2.24, 2.45) is 5.73 Å². The van der Waals surface area contributed by atoms with Crippen molar-refractivity contribution in [3.05, 3.63) is 118 Å². The van der Waals surface area contributed by atoms with Gasteiger partial charge in [0.15, 0.2) is 23.3 Å². The number of aromatic nitrogens is 4. The van der Waals surface area contributed by atoms with Crippen molar-refractivity contribution in [2.75, 3.05) is 13.2 Å². The molecule has 2 heterocycles. The molecule has 2 fully saturated rings. The van der Waals surface area contributed by atoms with Gasteiger partial charge in [-0.2, -0.15) is 0 Å². The third kappa shape index (κ3) is 9.73. The van der Waals surface area contributed by atoms with Gasteiger partial charge in [0.2, 0.25) is 5.28 Å². The van der Waals surface area contributed by atoms with Crippen LogP contribution in [0.4, 0.5) is 17.6 Å². The van der Waals surface area contributed by atoms with E-state index in [9.17, 15) is 27.2 Å². The minimum atomic E-state index is -0.836. The van der Waals surface area contributed by atoms with Crippen molar-refractivity contribution in [2.45, 2.75) is 69.7 Å². The number of carbonyl (C=O) groups excluding carboxylic acids is 2.